The molecule has 0 amide bonds. The van der Waals surface area contributed by atoms with E-state index >= 15 is 0 Å². The third-order valence-electron chi connectivity index (χ3n) is 0.579. The first-order chi connectivity index (χ1) is 6.19. The van der Waals surface area contributed by atoms with Gasteiger partial charge in [-0.1, -0.05) is 0 Å². The molecule has 0 saturated carbocycles. The van der Waals surface area contributed by atoms with Crippen LogP contribution in [0, 0.1) is 12.0 Å². The van der Waals surface area contributed by atoms with Crippen molar-refractivity contribution in [1.82, 2.24) is 0 Å². The minimum Gasteiger partial charge on any atom is -0.480 e. The molecule has 0 rings (SSSR count). The van der Waals surface area contributed by atoms with Crippen molar-refractivity contribution >= 4 is 16.1 Å². The van der Waals surface area contributed by atoms with Crippen molar-refractivity contribution in [3.8, 4) is 12.0 Å². The van der Waals surface area contributed by atoms with Crippen LogP contribution in [0.2, 0.25) is 0 Å². The molecular formula is C6H10O7S. The molecule has 0 aromatic carbocycles. The highest BCUT2D eigenvalue weighted by Crippen LogP contribution is 1.78. The molecule has 0 aliphatic rings. The van der Waals surface area contributed by atoms with E-state index in [4.69, 9.17) is 19.9 Å². The van der Waals surface area contributed by atoms with Crippen LogP contribution in [0.1, 0.15) is 6.92 Å². The highest BCUT2D eigenvalue weighted by molar-refractivity contribution is 7.86. The van der Waals surface area contributed by atoms with E-state index in [-0.39, 0.29) is 0 Å². The molecule has 0 heterocycles. The lowest BCUT2D eigenvalue weighted by atomic mass is 10.4. The largest absolute Gasteiger partial charge is 0.480 e. The van der Waals surface area contributed by atoms with Gasteiger partial charge in [-0.25, -0.2) is 0 Å². The van der Waals surface area contributed by atoms with Gasteiger partial charge in [0, 0.05) is 0 Å². The Morgan fingerprint density at radius 1 is 1.50 bits per heavy atom. The van der Waals surface area contributed by atoms with E-state index in [1.165, 1.54) is 6.92 Å². The van der Waals surface area contributed by atoms with Crippen molar-refractivity contribution in [2.75, 3.05) is 5.75 Å². The zero-order valence-electron chi connectivity index (χ0n) is 7.21. The summed E-state index contributed by atoms with van der Waals surface area (Å²) in [4.78, 5) is 9.48. The van der Waals surface area contributed by atoms with Crippen LogP contribution in [-0.2, 0) is 14.9 Å². The summed E-state index contributed by atoms with van der Waals surface area (Å²) in [5.74, 6) is -0.722. The summed E-state index contributed by atoms with van der Waals surface area (Å²) < 4.78 is 27.0. The maximum atomic E-state index is 9.62. The van der Waals surface area contributed by atoms with Crippen LogP contribution in [-0.4, -0.2) is 46.1 Å². The van der Waals surface area contributed by atoms with Gasteiger partial charge in [0.05, 0.1) is 0 Å². The standard InChI is InChI=1S/C4H6O2.C2H4O5S/c1-4(6)2-3-5;3-2(4)1-8(5,6)7/h4-6H,1H3;1H2,(H,3,4)(H,5,6,7). The predicted molar refractivity (Wildman–Crippen MR) is 45.4 cm³/mol. The van der Waals surface area contributed by atoms with E-state index in [0.29, 0.717) is 0 Å². The first-order valence-corrected chi connectivity index (χ1v) is 4.79. The molecule has 0 aliphatic carbocycles. The van der Waals surface area contributed by atoms with Gasteiger partial charge < -0.3 is 15.3 Å². The molecule has 4 N–H and O–H groups in total. The molecule has 1 unspecified atom stereocenters. The lowest BCUT2D eigenvalue weighted by Crippen LogP contribution is -2.13. The second-order valence-corrected chi connectivity index (χ2v) is 3.50. The van der Waals surface area contributed by atoms with E-state index in [1.54, 1.807) is 6.11 Å². The molecule has 7 nitrogen and oxygen atoms in total. The Balaban J connectivity index is 0. The molecule has 82 valence electrons. The number of carbonyl (C=O) groups is 1. The fourth-order valence-corrected chi connectivity index (χ4v) is 0.562. The molecule has 1 atom stereocenters. The molecule has 0 bridgehead atoms. The van der Waals surface area contributed by atoms with Crippen molar-refractivity contribution in [3.05, 3.63) is 0 Å². The zero-order chi connectivity index (χ0) is 11.8. The third kappa shape index (κ3) is 22.4. The van der Waals surface area contributed by atoms with E-state index < -0.39 is 27.9 Å². The number of aliphatic hydroxyl groups excluding tert-OH is 2. The predicted octanol–water partition coefficient (Wildman–Crippen LogP) is -1.34. The van der Waals surface area contributed by atoms with Gasteiger partial charge in [0.1, 0.15) is 12.2 Å². The molecule has 14 heavy (non-hydrogen) atoms. The average molecular weight is 226 g/mol. The SMILES string of the molecule is CC(O)C#CO.O=C(O)CS(=O)(=O)O. The average Bonchev–Trinajstić information content (AvgIpc) is 1.80. The summed E-state index contributed by atoms with van der Waals surface area (Å²) in [7, 11) is -4.32. The summed E-state index contributed by atoms with van der Waals surface area (Å²) in [5, 5.41) is 23.6. The van der Waals surface area contributed by atoms with Crippen molar-refractivity contribution in [2.45, 2.75) is 13.0 Å². The molecule has 0 aliphatic heterocycles. The van der Waals surface area contributed by atoms with Gasteiger partial charge in [0.25, 0.3) is 10.1 Å². The number of carboxylic acids is 1. The van der Waals surface area contributed by atoms with Gasteiger partial charge in [-0.3, -0.25) is 9.35 Å². The molecule has 0 fully saturated rings. The summed E-state index contributed by atoms with van der Waals surface area (Å²) in [6, 6.07) is 0. The minimum absolute atomic E-state index is 0.713. The van der Waals surface area contributed by atoms with Crippen LogP contribution in [0.4, 0.5) is 0 Å². The highest BCUT2D eigenvalue weighted by atomic mass is 32.2. The second kappa shape index (κ2) is 7.14. The Kier molecular flexibility index (Phi) is 7.74. The zero-order valence-corrected chi connectivity index (χ0v) is 8.02. The normalized spacial score (nSPS) is 11.4. The Morgan fingerprint density at radius 2 is 1.93 bits per heavy atom. The van der Waals surface area contributed by atoms with Crippen LogP contribution >= 0.6 is 0 Å². The lowest BCUT2D eigenvalue weighted by molar-refractivity contribution is -0.134. The molecule has 0 aromatic rings. The monoisotopic (exact) mass is 226 g/mol. The molecule has 8 heteroatoms. The summed E-state index contributed by atoms with van der Waals surface area (Å²) in [6.07, 6.45) is 0.854. The van der Waals surface area contributed by atoms with Gasteiger partial charge in [-0.2, -0.15) is 8.42 Å². The Morgan fingerprint density at radius 3 is 1.93 bits per heavy atom. The Bertz CT molecular complexity index is 318. The Hall–Kier alpha value is -1.30. The minimum atomic E-state index is -4.32. The number of aliphatic carboxylic acids is 1. The fourth-order valence-electron chi connectivity index (χ4n) is 0.249. The van der Waals surface area contributed by atoms with E-state index in [0.717, 1.165) is 0 Å². The van der Waals surface area contributed by atoms with Gasteiger partial charge in [-0.15, -0.1) is 0 Å². The van der Waals surface area contributed by atoms with Crippen LogP contribution in [0.25, 0.3) is 0 Å². The molecular weight excluding hydrogens is 216 g/mol. The van der Waals surface area contributed by atoms with Crippen LogP contribution in [0.15, 0.2) is 0 Å². The number of rotatable bonds is 2. The van der Waals surface area contributed by atoms with Crippen molar-refractivity contribution < 1.29 is 33.1 Å². The summed E-state index contributed by atoms with van der Waals surface area (Å²) >= 11 is 0. The number of hydrogen-bond donors (Lipinski definition) is 4. The Labute approximate surface area is 80.7 Å². The quantitative estimate of drug-likeness (QED) is 0.338. The first-order valence-electron chi connectivity index (χ1n) is 3.18. The fraction of sp³-hybridized carbons (Fsp3) is 0.500. The smallest absolute Gasteiger partial charge is 0.321 e. The van der Waals surface area contributed by atoms with Crippen LogP contribution in [0.3, 0.4) is 0 Å². The lowest BCUT2D eigenvalue weighted by Gasteiger charge is -1.85. The molecule has 0 radical (unpaired) electrons. The molecule has 0 saturated heterocycles. The van der Waals surface area contributed by atoms with Gasteiger partial charge >= 0.3 is 5.97 Å². The molecule has 0 spiro atoms. The van der Waals surface area contributed by atoms with Gasteiger partial charge in [0.2, 0.25) is 0 Å². The third-order valence-corrected chi connectivity index (χ3v) is 1.19. The van der Waals surface area contributed by atoms with E-state index in [9.17, 15) is 13.2 Å². The maximum Gasteiger partial charge on any atom is 0.321 e. The van der Waals surface area contributed by atoms with E-state index in [1.807, 2.05) is 0 Å². The van der Waals surface area contributed by atoms with Crippen LogP contribution < -0.4 is 0 Å². The summed E-state index contributed by atoms with van der Waals surface area (Å²) in [6.45, 7) is 1.48. The second-order valence-electron chi connectivity index (χ2n) is 2.05. The maximum absolute atomic E-state index is 9.62. The van der Waals surface area contributed by atoms with Gasteiger partial charge in [0.15, 0.2) is 5.75 Å². The van der Waals surface area contributed by atoms with E-state index in [2.05, 4.69) is 5.92 Å². The summed E-state index contributed by atoms with van der Waals surface area (Å²) in [5.41, 5.74) is 0. The van der Waals surface area contributed by atoms with Crippen LogP contribution in [0.5, 0.6) is 0 Å². The number of aliphatic hydroxyl groups is 2. The van der Waals surface area contributed by atoms with Gasteiger partial charge in [-0.05, 0) is 12.8 Å². The molecule has 0 aromatic heterocycles. The number of hydrogen-bond acceptors (Lipinski definition) is 5. The highest BCUT2D eigenvalue weighted by Gasteiger charge is 2.09. The van der Waals surface area contributed by atoms with Crippen molar-refractivity contribution in [3.63, 3.8) is 0 Å². The first kappa shape index (κ1) is 15.2. The topological polar surface area (TPSA) is 132 Å². The number of carboxylic acid groups (broad SMARTS) is 1. The van der Waals surface area contributed by atoms with Crippen molar-refractivity contribution in [1.29, 1.82) is 0 Å². The van der Waals surface area contributed by atoms with Crippen molar-refractivity contribution in [2.24, 2.45) is 0 Å².